The molecular formula is C17H20N2O3S. The smallest absolute Gasteiger partial charge is 0.358 e. The van der Waals surface area contributed by atoms with Gasteiger partial charge in [-0.1, -0.05) is 50.1 Å². The van der Waals surface area contributed by atoms with Gasteiger partial charge < -0.3 is 10.1 Å². The lowest BCUT2D eigenvalue weighted by molar-refractivity contribution is -0.124. The zero-order chi connectivity index (χ0) is 16.5. The predicted octanol–water partition coefficient (Wildman–Crippen LogP) is 3.27. The maximum absolute atomic E-state index is 11.9. The maximum atomic E-state index is 11.9. The van der Waals surface area contributed by atoms with E-state index in [0.29, 0.717) is 6.54 Å². The van der Waals surface area contributed by atoms with Crippen molar-refractivity contribution in [1.29, 1.82) is 0 Å². The Balaban J connectivity index is 1.80. The summed E-state index contributed by atoms with van der Waals surface area (Å²) in [5.41, 5.74) is 1.18. The first-order valence-electron chi connectivity index (χ1n) is 7.65. The molecule has 0 aliphatic heterocycles. The zero-order valence-electron chi connectivity index (χ0n) is 13.1. The SMILES string of the molecule is CCCCCNC(=O)COC(=O)c1csc(-c2ccccc2)n1. The second kappa shape index (κ2) is 9.05. The summed E-state index contributed by atoms with van der Waals surface area (Å²) in [6.07, 6.45) is 3.10. The van der Waals surface area contributed by atoms with Gasteiger partial charge in [0.2, 0.25) is 0 Å². The molecule has 0 radical (unpaired) electrons. The van der Waals surface area contributed by atoms with Gasteiger partial charge in [0.05, 0.1) is 0 Å². The van der Waals surface area contributed by atoms with Crippen LogP contribution in [-0.4, -0.2) is 30.0 Å². The first-order chi connectivity index (χ1) is 11.2. The fourth-order valence-corrected chi connectivity index (χ4v) is 2.74. The van der Waals surface area contributed by atoms with Gasteiger partial charge in [-0.05, 0) is 6.42 Å². The van der Waals surface area contributed by atoms with Crippen molar-refractivity contribution in [2.75, 3.05) is 13.2 Å². The number of nitrogens with zero attached hydrogens (tertiary/aromatic N) is 1. The summed E-state index contributed by atoms with van der Waals surface area (Å²) in [5.74, 6) is -0.861. The van der Waals surface area contributed by atoms with Crippen LogP contribution in [0.2, 0.25) is 0 Å². The van der Waals surface area contributed by atoms with Crippen LogP contribution < -0.4 is 5.32 Å². The van der Waals surface area contributed by atoms with E-state index >= 15 is 0 Å². The molecule has 1 aromatic heterocycles. The molecule has 1 amide bonds. The van der Waals surface area contributed by atoms with Crippen LogP contribution in [0.3, 0.4) is 0 Å². The second-order valence-corrected chi connectivity index (χ2v) is 5.90. The molecule has 0 saturated carbocycles. The van der Waals surface area contributed by atoms with Gasteiger partial charge in [-0.25, -0.2) is 9.78 Å². The van der Waals surface area contributed by atoms with Gasteiger partial charge in [0.15, 0.2) is 12.3 Å². The van der Waals surface area contributed by atoms with Crippen LogP contribution in [0, 0.1) is 0 Å². The van der Waals surface area contributed by atoms with Gasteiger partial charge >= 0.3 is 5.97 Å². The summed E-state index contributed by atoms with van der Waals surface area (Å²) in [5, 5.41) is 5.12. The third-order valence-corrected chi connectivity index (χ3v) is 4.06. The standard InChI is InChI=1S/C17H20N2O3S/c1-2-3-7-10-18-15(20)11-22-17(21)14-12-23-16(19-14)13-8-5-4-6-9-13/h4-6,8-9,12H,2-3,7,10-11H2,1H3,(H,18,20). The Morgan fingerprint density at radius 2 is 2.00 bits per heavy atom. The first-order valence-corrected chi connectivity index (χ1v) is 8.53. The fourth-order valence-electron chi connectivity index (χ4n) is 1.94. The molecule has 0 aliphatic carbocycles. The minimum absolute atomic E-state index is 0.229. The first kappa shape index (κ1) is 17.1. The fraction of sp³-hybridized carbons (Fsp3) is 0.353. The van der Waals surface area contributed by atoms with Crippen molar-refractivity contribution in [2.24, 2.45) is 0 Å². The molecule has 0 unspecified atom stereocenters. The van der Waals surface area contributed by atoms with E-state index in [1.54, 1.807) is 5.38 Å². The number of nitrogens with one attached hydrogen (secondary N) is 1. The van der Waals surface area contributed by atoms with Crippen molar-refractivity contribution in [2.45, 2.75) is 26.2 Å². The molecule has 23 heavy (non-hydrogen) atoms. The van der Waals surface area contributed by atoms with E-state index in [1.807, 2.05) is 30.3 Å². The summed E-state index contributed by atoms with van der Waals surface area (Å²) in [6.45, 7) is 2.43. The number of ether oxygens (including phenoxy) is 1. The molecule has 0 aliphatic rings. The highest BCUT2D eigenvalue weighted by molar-refractivity contribution is 7.13. The number of hydrogen-bond donors (Lipinski definition) is 1. The number of unbranched alkanes of at least 4 members (excludes halogenated alkanes) is 2. The van der Waals surface area contributed by atoms with Gasteiger partial charge in [0.25, 0.3) is 5.91 Å². The van der Waals surface area contributed by atoms with Crippen molar-refractivity contribution in [1.82, 2.24) is 10.3 Å². The third-order valence-electron chi connectivity index (χ3n) is 3.17. The highest BCUT2D eigenvalue weighted by Crippen LogP contribution is 2.23. The highest BCUT2D eigenvalue weighted by Gasteiger charge is 2.14. The van der Waals surface area contributed by atoms with Crippen LogP contribution in [0.4, 0.5) is 0 Å². The van der Waals surface area contributed by atoms with Crippen LogP contribution in [-0.2, 0) is 9.53 Å². The number of thiazole rings is 1. The topological polar surface area (TPSA) is 68.3 Å². The molecule has 0 atom stereocenters. The maximum Gasteiger partial charge on any atom is 0.358 e. The Labute approximate surface area is 139 Å². The molecule has 0 spiro atoms. The minimum atomic E-state index is -0.577. The Hall–Kier alpha value is -2.21. The third kappa shape index (κ3) is 5.49. The number of amides is 1. The summed E-state index contributed by atoms with van der Waals surface area (Å²) in [4.78, 5) is 27.7. The lowest BCUT2D eigenvalue weighted by Crippen LogP contribution is -2.29. The largest absolute Gasteiger partial charge is 0.451 e. The van der Waals surface area contributed by atoms with E-state index in [1.165, 1.54) is 11.3 Å². The molecule has 5 nitrogen and oxygen atoms in total. The van der Waals surface area contributed by atoms with Crippen molar-refractivity contribution in [3.05, 3.63) is 41.4 Å². The Kier molecular flexibility index (Phi) is 6.75. The molecule has 0 fully saturated rings. The number of carbonyl (C=O) groups is 2. The average molecular weight is 332 g/mol. The van der Waals surface area contributed by atoms with Crippen LogP contribution in [0.1, 0.15) is 36.7 Å². The highest BCUT2D eigenvalue weighted by atomic mass is 32.1. The number of rotatable bonds is 8. The van der Waals surface area contributed by atoms with Gasteiger partial charge in [0.1, 0.15) is 5.01 Å². The summed E-state index contributed by atoms with van der Waals surface area (Å²) >= 11 is 1.37. The van der Waals surface area contributed by atoms with Crippen LogP contribution in [0.25, 0.3) is 10.6 Å². The Morgan fingerprint density at radius 3 is 2.74 bits per heavy atom. The minimum Gasteiger partial charge on any atom is -0.451 e. The van der Waals surface area contributed by atoms with E-state index in [2.05, 4.69) is 17.2 Å². The van der Waals surface area contributed by atoms with Gasteiger partial charge in [0, 0.05) is 17.5 Å². The quantitative estimate of drug-likeness (QED) is 0.595. The Morgan fingerprint density at radius 1 is 1.22 bits per heavy atom. The predicted molar refractivity (Wildman–Crippen MR) is 90.4 cm³/mol. The number of aromatic nitrogens is 1. The molecule has 122 valence electrons. The van der Waals surface area contributed by atoms with E-state index in [9.17, 15) is 9.59 Å². The molecule has 0 bridgehead atoms. The lowest BCUT2D eigenvalue weighted by Gasteiger charge is -2.05. The van der Waals surface area contributed by atoms with Crippen molar-refractivity contribution in [3.63, 3.8) is 0 Å². The van der Waals surface area contributed by atoms with Crippen molar-refractivity contribution >= 4 is 23.2 Å². The van der Waals surface area contributed by atoms with Crippen LogP contribution >= 0.6 is 11.3 Å². The molecule has 2 rings (SSSR count). The monoisotopic (exact) mass is 332 g/mol. The molecule has 1 aromatic carbocycles. The summed E-state index contributed by atoms with van der Waals surface area (Å²) < 4.78 is 4.99. The number of benzene rings is 1. The van der Waals surface area contributed by atoms with E-state index in [-0.39, 0.29) is 18.2 Å². The molecule has 6 heteroatoms. The molecule has 0 saturated heterocycles. The lowest BCUT2D eigenvalue weighted by atomic mass is 10.2. The van der Waals surface area contributed by atoms with Crippen molar-refractivity contribution < 1.29 is 14.3 Å². The number of esters is 1. The molecule has 2 aromatic rings. The molecular weight excluding hydrogens is 312 g/mol. The number of carbonyl (C=O) groups excluding carboxylic acids is 2. The average Bonchev–Trinajstić information content (AvgIpc) is 3.07. The van der Waals surface area contributed by atoms with E-state index in [0.717, 1.165) is 29.8 Å². The zero-order valence-corrected chi connectivity index (χ0v) is 13.9. The Bertz CT molecular complexity index is 640. The van der Waals surface area contributed by atoms with Gasteiger partial charge in [-0.2, -0.15) is 0 Å². The van der Waals surface area contributed by atoms with E-state index < -0.39 is 5.97 Å². The van der Waals surface area contributed by atoms with Crippen LogP contribution in [0.15, 0.2) is 35.7 Å². The summed E-state index contributed by atoms with van der Waals surface area (Å²) in [7, 11) is 0. The molecule has 1 N–H and O–H groups in total. The van der Waals surface area contributed by atoms with Crippen molar-refractivity contribution in [3.8, 4) is 10.6 Å². The van der Waals surface area contributed by atoms with Crippen LogP contribution in [0.5, 0.6) is 0 Å². The van der Waals surface area contributed by atoms with Gasteiger partial charge in [-0.3, -0.25) is 4.79 Å². The number of hydrogen-bond acceptors (Lipinski definition) is 5. The second-order valence-electron chi connectivity index (χ2n) is 5.04. The normalized spacial score (nSPS) is 10.3. The van der Waals surface area contributed by atoms with Gasteiger partial charge in [-0.15, -0.1) is 11.3 Å². The molecule has 1 heterocycles. The van der Waals surface area contributed by atoms with E-state index in [4.69, 9.17) is 4.74 Å². The summed E-state index contributed by atoms with van der Waals surface area (Å²) in [6, 6.07) is 9.61.